The lowest BCUT2D eigenvalue weighted by Crippen LogP contribution is -2.39. The maximum atomic E-state index is 10.0. The zero-order valence-electron chi connectivity index (χ0n) is 11.6. The minimum absolute atomic E-state index is 0.0327. The quantitative estimate of drug-likeness (QED) is 0.737. The SMILES string of the molecule is Cc1ncc(CN[C@H](CO)C[C@@H](O)C(C)(C)C)s1. The van der Waals surface area contributed by atoms with Crippen molar-refractivity contribution >= 4 is 11.3 Å². The molecule has 0 aromatic carbocycles. The lowest BCUT2D eigenvalue weighted by atomic mass is 9.85. The number of rotatable bonds is 6. The molecule has 0 unspecified atom stereocenters. The Hall–Kier alpha value is -0.490. The molecule has 0 amide bonds. The first-order chi connectivity index (χ1) is 8.32. The highest BCUT2D eigenvalue weighted by atomic mass is 32.1. The number of aryl methyl sites for hydroxylation is 1. The van der Waals surface area contributed by atoms with Gasteiger partial charge in [0.05, 0.1) is 17.7 Å². The van der Waals surface area contributed by atoms with Crippen molar-refractivity contribution in [3.05, 3.63) is 16.1 Å². The molecule has 0 spiro atoms. The molecular weight excluding hydrogens is 248 g/mol. The summed E-state index contributed by atoms with van der Waals surface area (Å²) in [6.07, 6.45) is 1.98. The van der Waals surface area contributed by atoms with Crippen LogP contribution in [0.1, 0.15) is 37.1 Å². The summed E-state index contributed by atoms with van der Waals surface area (Å²) in [6, 6.07) is -0.0818. The third-order valence-electron chi connectivity index (χ3n) is 2.96. The molecule has 0 fully saturated rings. The van der Waals surface area contributed by atoms with Gasteiger partial charge in [0, 0.05) is 23.7 Å². The maximum absolute atomic E-state index is 10.0. The van der Waals surface area contributed by atoms with Crippen molar-refractivity contribution in [2.24, 2.45) is 5.41 Å². The van der Waals surface area contributed by atoms with Crippen molar-refractivity contribution in [1.29, 1.82) is 0 Å². The van der Waals surface area contributed by atoms with Gasteiger partial charge in [-0.15, -0.1) is 11.3 Å². The molecule has 0 aliphatic heterocycles. The van der Waals surface area contributed by atoms with Crippen molar-refractivity contribution in [3.63, 3.8) is 0 Å². The molecule has 3 N–H and O–H groups in total. The molecule has 2 atom stereocenters. The van der Waals surface area contributed by atoms with Gasteiger partial charge in [0.1, 0.15) is 0 Å². The lowest BCUT2D eigenvalue weighted by Gasteiger charge is -2.29. The minimum atomic E-state index is -0.426. The van der Waals surface area contributed by atoms with E-state index in [9.17, 15) is 10.2 Å². The van der Waals surface area contributed by atoms with Gasteiger partial charge in [-0.3, -0.25) is 0 Å². The monoisotopic (exact) mass is 272 g/mol. The van der Waals surface area contributed by atoms with Crippen LogP contribution in [0.25, 0.3) is 0 Å². The Morgan fingerprint density at radius 2 is 2.11 bits per heavy atom. The van der Waals surface area contributed by atoms with E-state index in [0.717, 1.165) is 9.88 Å². The highest BCUT2D eigenvalue weighted by molar-refractivity contribution is 7.11. The smallest absolute Gasteiger partial charge is 0.0897 e. The second-order valence-corrected chi connectivity index (χ2v) is 7.04. The third kappa shape index (κ3) is 5.02. The Bertz CT molecular complexity index is 360. The number of thiazole rings is 1. The summed E-state index contributed by atoms with van der Waals surface area (Å²) in [6.45, 7) is 8.69. The van der Waals surface area contributed by atoms with Crippen LogP contribution in [-0.4, -0.2) is 33.9 Å². The Kier molecular flexibility index (Phi) is 5.72. The second-order valence-electron chi connectivity index (χ2n) is 5.72. The number of aliphatic hydroxyl groups is 2. The number of aliphatic hydroxyl groups excluding tert-OH is 2. The fourth-order valence-corrected chi connectivity index (χ4v) is 2.32. The number of nitrogens with one attached hydrogen (secondary N) is 1. The fraction of sp³-hybridized carbons (Fsp3) is 0.769. The average molecular weight is 272 g/mol. The summed E-state index contributed by atoms with van der Waals surface area (Å²) in [5, 5.41) is 23.7. The first-order valence-electron chi connectivity index (χ1n) is 6.26. The summed E-state index contributed by atoms with van der Waals surface area (Å²) in [7, 11) is 0. The zero-order chi connectivity index (χ0) is 13.8. The highest BCUT2D eigenvalue weighted by Crippen LogP contribution is 2.22. The fourth-order valence-electron chi connectivity index (χ4n) is 1.58. The van der Waals surface area contributed by atoms with Gasteiger partial charge >= 0.3 is 0 Å². The van der Waals surface area contributed by atoms with E-state index in [0.29, 0.717) is 13.0 Å². The van der Waals surface area contributed by atoms with Crippen molar-refractivity contribution in [1.82, 2.24) is 10.3 Å². The molecular formula is C13H24N2O2S. The first kappa shape index (κ1) is 15.6. The molecule has 104 valence electrons. The van der Waals surface area contributed by atoms with Crippen LogP contribution in [0.2, 0.25) is 0 Å². The molecule has 1 rings (SSSR count). The molecule has 1 heterocycles. The van der Waals surface area contributed by atoms with Crippen LogP contribution in [-0.2, 0) is 6.54 Å². The van der Waals surface area contributed by atoms with Gasteiger partial charge in [0.25, 0.3) is 0 Å². The lowest BCUT2D eigenvalue weighted by molar-refractivity contribution is 0.0389. The van der Waals surface area contributed by atoms with E-state index in [1.807, 2.05) is 33.9 Å². The summed E-state index contributed by atoms with van der Waals surface area (Å²) >= 11 is 1.65. The largest absolute Gasteiger partial charge is 0.395 e. The molecule has 4 nitrogen and oxygen atoms in total. The van der Waals surface area contributed by atoms with Crippen LogP contribution >= 0.6 is 11.3 Å². The number of hydrogen-bond acceptors (Lipinski definition) is 5. The maximum Gasteiger partial charge on any atom is 0.0897 e. The van der Waals surface area contributed by atoms with E-state index in [4.69, 9.17) is 0 Å². The predicted octanol–water partition coefficient (Wildman–Crippen LogP) is 1.70. The summed E-state index contributed by atoms with van der Waals surface area (Å²) in [5.74, 6) is 0. The van der Waals surface area contributed by atoms with Crippen LogP contribution in [0, 0.1) is 12.3 Å². The van der Waals surface area contributed by atoms with Crippen LogP contribution < -0.4 is 5.32 Å². The van der Waals surface area contributed by atoms with E-state index >= 15 is 0 Å². The summed E-state index contributed by atoms with van der Waals surface area (Å²) < 4.78 is 0. The molecule has 18 heavy (non-hydrogen) atoms. The van der Waals surface area contributed by atoms with Gasteiger partial charge in [-0.05, 0) is 18.8 Å². The normalized spacial score (nSPS) is 15.7. The van der Waals surface area contributed by atoms with E-state index in [2.05, 4.69) is 10.3 Å². The van der Waals surface area contributed by atoms with Crippen molar-refractivity contribution in [3.8, 4) is 0 Å². The molecule has 1 aromatic heterocycles. The highest BCUT2D eigenvalue weighted by Gasteiger charge is 2.25. The van der Waals surface area contributed by atoms with E-state index in [-0.39, 0.29) is 18.1 Å². The van der Waals surface area contributed by atoms with Crippen LogP contribution in [0.4, 0.5) is 0 Å². The molecule has 0 saturated carbocycles. The summed E-state index contributed by atoms with van der Waals surface area (Å²) in [5.41, 5.74) is -0.157. The van der Waals surface area contributed by atoms with Crippen LogP contribution in [0.15, 0.2) is 6.20 Å². The van der Waals surface area contributed by atoms with Gasteiger partial charge in [-0.2, -0.15) is 0 Å². The Morgan fingerprint density at radius 1 is 1.44 bits per heavy atom. The summed E-state index contributed by atoms with van der Waals surface area (Å²) in [4.78, 5) is 5.34. The Labute approximate surface area is 113 Å². The molecule has 0 aliphatic rings. The molecule has 5 heteroatoms. The molecule has 1 aromatic rings. The topological polar surface area (TPSA) is 65.4 Å². The zero-order valence-corrected chi connectivity index (χ0v) is 12.4. The van der Waals surface area contributed by atoms with Crippen LogP contribution in [0.5, 0.6) is 0 Å². The van der Waals surface area contributed by atoms with Gasteiger partial charge in [0.2, 0.25) is 0 Å². The van der Waals surface area contributed by atoms with E-state index in [1.165, 1.54) is 0 Å². The van der Waals surface area contributed by atoms with Gasteiger partial charge in [-0.1, -0.05) is 20.8 Å². The molecule has 0 aliphatic carbocycles. The standard InChI is InChI=1S/C13H24N2O2S/c1-9-14-6-11(18-9)7-15-10(8-16)5-12(17)13(2,3)4/h6,10,12,15-17H,5,7-8H2,1-4H3/t10-,12+/m0/s1. The van der Waals surface area contributed by atoms with Gasteiger partial charge in [0.15, 0.2) is 0 Å². The van der Waals surface area contributed by atoms with Gasteiger partial charge in [-0.25, -0.2) is 4.98 Å². The average Bonchev–Trinajstić information content (AvgIpc) is 2.68. The van der Waals surface area contributed by atoms with Crippen molar-refractivity contribution in [2.45, 2.75) is 52.8 Å². The first-order valence-corrected chi connectivity index (χ1v) is 7.08. The molecule has 0 saturated heterocycles. The predicted molar refractivity (Wildman–Crippen MR) is 74.6 cm³/mol. The number of aromatic nitrogens is 1. The minimum Gasteiger partial charge on any atom is -0.395 e. The number of hydrogen-bond donors (Lipinski definition) is 3. The second kappa shape index (κ2) is 6.61. The Balaban J connectivity index is 2.42. The van der Waals surface area contributed by atoms with Gasteiger partial charge < -0.3 is 15.5 Å². The van der Waals surface area contributed by atoms with E-state index < -0.39 is 6.10 Å². The third-order valence-corrected chi connectivity index (χ3v) is 3.87. The number of nitrogens with zero attached hydrogens (tertiary/aromatic N) is 1. The van der Waals surface area contributed by atoms with Crippen molar-refractivity contribution < 1.29 is 10.2 Å². The van der Waals surface area contributed by atoms with Crippen LogP contribution in [0.3, 0.4) is 0 Å². The molecule has 0 bridgehead atoms. The molecule has 0 radical (unpaired) electrons. The Morgan fingerprint density at radius 3 is 2.56 bits per heavy atom. The van der Waals surface area contributed by atoms with E-state index in [1.54, 1.807) is 11.3 Å². The van der Waals surface area contributed by atoms with Crippen molar-refractivity contribution in [2.75, 3.05) is 6.61 Å².